The zero-order valence-corrected chi connectivity index (χ0v) is 10.1. The van der Waals surface area contributed by atoms with Crippen LogP contribution >= 0.6 is 15.9 Å². The molecule has 5 heteroatoms. The van der Waals surface area contributed by atoms with E-state index >= 15 is 0 Å². The van der Waals surface area contributed by atoms with E-state index in [9.17, 15) is 0 Å². The van der Waals surface area contributed by atoms with E-state index in [1.807, 2.05) is 42.9 Å². The molecule has 0 atom stereocenters. The number of halogens is 1. The second-order valence-electron chi connectivity index (χ2n) is 3.14. The molecule has 1 aromatic carbocycles. The highest BCUT2D eigenvalue weighted by molar-refractivity contribution is 9.10. The molecule has 1 heterocycles. The Morgan fingerprint density at radius 1 is 1.27 bits per heavy atom. The predicted molar refractivity (Wildman–Crippen MR) is 63.7 cm³/mol. The normalized spacial score (nSPS) is 10.3. The van der Waals surface area contributed by atoms with Gasteiger partial charge in [-0.05, 0) is 6.07 Å². The molecular weight excluding hydrogens is 256 g/mol. The molecule has 2 aromatic rings. The van der Waals surface area contributed by atoms with Gasteiger partial charge in [-0.2, -0.15) is 0 Å². The van der Waals surface area contributed by atoms with Crippen molar-refractivity contribution in [1.29, 1.82) is 0 Å². The molecule has 0 saturated carbocycles. The first-order valence-corrected chi connectivity index (χ1v) is 5.35. The van der Waals surface area contributed by atoms with Gasteiger partial charge in [0.2, 0.25) is 5.95 Å². The number of hydrogen-bond donors (Lipinski definition) is 1. The van der Waals surface area contributed by atoms with Crippen LogP contribution in [0.15, 0.2) is 28.7 Å². The molecule has 0 aliphatic rings. The van der Waals surface area contributed by atoms with Crippen LogP contribution < -0.4 is 5.32 Å². The van der Waals surface area contributed by atoms with E-state index in [2.05, 4.69) is 31.4 Å². The van der Waals surface area contributed by atoms with E-state index in [0.29, 0.717) is 0 Å². The molecule has 1 aromatic heterocycles. The van der Waals surface area contributed by atoms with Crippen LogP contribution in [0.1, 0.15) is 0 Å². The number of aromatic nitrogens is 3. The lowest BCUT2D eigenvalue weighted by molar-refractivity contribution is 0.924. The Hall–Kier alpha value is -1.36. The van der Waals surface area contributed by atoms with Crippen molar-refractivity contribution in [3.63, 3.8) is 0 Å². The van der Waals surface area contributed by atoms with E-state index in [4.69, 9.17) is 0 Å². The molecule has 1 N–H and O–H groups in total. The van der Waals surface area contributed by atoms with E-state index in [0.717, 1.165) is 21.8 Å². The SMILES string of the molecule is CNc1nnc(-c2ccccc2Br)n1C. The third-order valence-corrected chi connectivity index (χ3v) is 2.90. The van der Waals surface area contributed by atoms with E-state index in [1.165, 1.54) is 0 Å². The lowest BCUT2D eigenvalue weighted by Crippen LogP contribution is -1.99. The topological polar surface area (TPSA) is 42.7 Å². The highest BCUT2D eigenvalue weighted by Gasteiger charge is 2.11. The maximum Gasteiger partial charge on any atom is 0.224 e. The Balaban J connectivity index is 2.55. The van der Waals surface area contributed by atoms with E-state index < -0.39 is 0 Å². The molecule has 0 unspecified atom stereocenters. The Morgan fingerprint density at radius 3 is 2.60 bits per heavy atom. The highest BCUT2D eigenvalue weighted by atomic mass is 79.9. The van der Waals surface area contributed by atoms with Crippen molar-refractivity contribution >= 4 is 21.9 Å². The van der Waals surface area contributed by atoms with Crippen molar-refractivity contribution in [1.82, 2.24) is 14.8 Å². The molecule has 0 spiro atoms. The monoisotopic (exact) mass is 266 g/mol. The van der Waals surface area contributed by atoms with Crippen molar-refractivity contribution in [2.45, 2.75) is 0 Å². The summed E-state index contributed by atoms with van der Waals surface area (Å²) >= 11 is 3.50. The van der Waals surface area contributed by atoms with Crippen LogP contribution in [0.4, 0.5) is 5.95 Å². The maximum atomic E-state index is 4.14. The van der Waals surface area contributed by atoms with Crippen molar-refractivity contribution in [3.8, 4) is 11.4 Å². The number of hydrogen-bond acceptors (Lipinski definition) is 3. The van der Waals surface area contributed by atoms with Gasteiger partial charge in [-0.25, -0.2) is 0 Å². The summed E-state index contributed by atoms with van der Waals surface area (Å²) < 4.78 is 2.93. The van der Waals surface area contributed by atoms with Crippen LogP contribution in [0.2, 0.25) is 0 Å². The van der Waals surface area contributed by atoms with Gasteiger partial charge < -0.3 is 5.32 Å². The first-order chi connectivity index (χ1) is 7.24. The Morgan fingerprint density at radius 2 is 2.00 bits per heavy atom. The summed E-state index contributed by atoms with van der Waals surface area (Å²) in [5.41, 5.74) is 1.04. The lowest BCUT2D eigenvalue weighted by Gasteiger charge is -2.04. The first-order valence-electron chi connectivity index (χ1n) is 4.56. The van der Waals surface area contributed by atoms with E-state index in [-0.39, 0.29) is 0 Å². The number of rotatable bonds is 2. The molecule has 0 bridgehead atoms. The van der Waals surface area contributed by atoms with Crippen molar-refractivity contribution < 1.29 is 0 Å². The molecule has 0 saturated heterocycles. The molecule has 2 rings (SSSR count). The number of benzene rings is 1. The number of nitrogens with zero attached hydrogens (tertiary/aromatic N) is 3. The average Bonchev–Trinajstić information content (AvgIpc) is 2.60. The minimum absolute atomic E-state index is 0.751. The third-order valence-electron chi connectivity index (χ3n) is 2.21. The summed E-state index contributed by atoms with van der Waals surface area (Å²) in [5.74, 6) is 1.59. The summed E-state index contributed by atoms with van der Waals surface area (Å²) in [5, 5.41) is 11.1. The van der Waals surface area contributed by atoms with Gasteiger partial charge in [0.1, 0.15) is 0 Å². The molecule has 78 valence electrons. The van der Waals surface area contributed by atoms with E-state index in [1.54, 1.807) is 0 Å². The van der Waals surface area contributed by atoms with Crippen LogP contribution in [0.25, 0.3) is 11.4 Å². The molecule has 15 heavy (non-hydrogen) atoms. The fourth-order valence-electron chi connectivity index (χ4n) is 1.42. The maximum absolute atomic E-state index is 4.14. The average molecular weight is 267 g/mol. The molecular formula is C10H11BrN4. The van der Waals surface area contributed by atoms with Gasteiger partial charge in [-0.1, -0.05) is 34.1 Å². The molecule has 0 fully saturated rings. The molecule has 0 aliphatic carbocycles. The first kappa shape index (κ1) is 10.2. The Bertz CT molecular complexity index is 478. The van der Waals surface area contributed by atoms with Gasteiger partial charge in [0, 0.05) is 24.1 Å². The van der Waals surface area contributed by atoms with Crippen LogP contribution in [0, 0.1) is 0 Å². The lowest BCUT2D eigenvalue weighted by atomic mass is 10.2. The summed E-state index contributed by atoms with van der Waals surface area (Å²) in [6, 6.07) is 7.95. The smallest absolute Gasteiger partial charge is 0.224 e. The summed E-state index contributed by atoms with van der Waals surface area (Å²) in [6.07, 6.45) is 0. The van der Waals surface area contributed by atoms with Crippen LogP contribution in [-0.4, -0.2) is 21.8 Å². The van der Waals surface area contributed by atoms with Crippen molar-refractivity contribution in [2.24, 2.45) is 7.05 Å². The fraction of sp³-hybridized carbons (Fsp3) is 0.200. The minimum atomic E-state index is 0.751. The standard InChI is InChI=1S/C10H11BrN4/c1-12-10-14-13-9(15(10)2)7-5-3-4-6-8(7)11/h3-6H,1-2H3,(H,12,14). The number of nitrogens with one attached hydrogen (secondary N) is 1. The molecule has 0 aliphatic heterocycles. The fourth-order valence-corrected chi connectivity index (χ4v) is 1.89. The van der Waals surface area contributed by atoms with Gasteiger partial charge in [0.15, 0.2) is 5.82 Å². The third kappa shape index (κ3) is 1.74. The van der Waals surface area contributed by atoms with Crippen LogP contribution in [0.3, 0.4) is 0 Å². The highest BCUT2D eigenvalue weighted by Crippen LogP contribution is 2.26. The van der Waals surface area contributed by atoms with Gasteiger partial charge in [0.25, 0.3) is 0 Å². The summed E-state index contributed by atoms with van der Waals surface area (Å²) in [7, 11) is 3.76. The van der Waals surface area contributed by atoms with Gasteiger partial charge in [0.05, 0.1) is 0 Å². The van der Waals surface area contributed by atoms with Crippen LogP contribution in [-0.2, 0) is 7.05 Å². The summed E-state index contributed by atoms with van der Waals surface area (Å²) in [4.78, 5) is 0. The number of anilines is 1. The second-order valence-corrected chi connectivity index (χ2v) is 3.99. The van der Waals surface area contributed by atoms with Crippen LogP contribution in [0.5, 0.6) is 0 Å². The second kappa shape index (κ2) is 4.02. The Kier molecular flexibility index (Phi) is 2.73. The minimum Gasteiger partial charge on any atom is -0.357 e. The zero-order chi connectivity index (χ0) is 10.8. The van der Waals surface area contributed by atoms with Gasteiger partial charge in [-0.15, -0.1) is 10.2 Å². The quantitative estimate of drug-likeness (QED) is 0.907. The van der Waals surface area contributed by atoms with Crippen molar-refractivity contribution in [3.05, 3.63) is 28.7 Å². The van der Waals surface area contributed by atoms with Gasteiger partial charge in [-0.3, -0.25) is 4.57 Å². The predicted octanol–water partition coefficient (Wildman–Crippen LogP) is 2.29. The zero-order valence-electron chi connectivity index (χ0n) is 8.53. The largest absolute Gasteiger partial charge is 0.357 e. The Labute approximate surface area is 96.5 Å². The van der Waals surface area contributed by atoms with Gasteiger partial charge >= 0.3 is 0 Å². The van der Waals surface area contributed by atoms with Crippen molar-refractivity contribution in [2.75, 3.05) is 12.4 Å². The molecule has 0 amide bonds. The summed E-state index contributed by atoms with van der Waals surface area (Å²) in [6.45, 7) is 0. The molecule has 0 radical (unpaired) electrons. The molecule has 4 nitrogen and oxygen atoms in total.